The second kappa shape index (κ2) is 6.87. The molecule has 2 rings (SSSR count). The number of nitrogens with zero attached hydrogens (tertiary/aromatic N) is 3. The highest BCUT2D eigenvalue weighted by molar-refractivity contribution is 7.89. The van der Waals surface area contributed by atoms with Gasteiger partial charge in [-0.15, -0.1) is 21.8 Å². The second-order valence-electron chi connectivity index (χ2n) is 5.14. The molecule has 1 aliphatic heterocycles. The molecule has 1 atom stereocenters. The Bertz CT molecular complexity index is 544. The van der Waals surface area contributed by atoms with Crippen molar-refractivity contribution in [2.24, 2.45) is 0 Å². The van der Waals surface area contributed by atoms with Gasteiger partial charge in [0.1, 0.15) is 5.82 Å². The van der Waals surface area contributed by atoms with Crippen LogP contribution in [0, 0.1) is 0 Å². The normalized spacial score (nSPS) is 17.5. The molecular formula is C12H21ClN4O2S. The maximum absolute atomic E-state index is 11.9. The molecule has 1 aromatic heterocycles. The molecule has 0 spiro atoms. The van der Waals surface area contributed by atoms with Gasteiger partial charge in [-0.05, 0) is 26.2 Å². The van der Waals surface area contributed by atoms with Crippen LogP contribution in [0.2, 0.25) is 0 Å². The quantitative estimate of drug-likeness (QED) is 0.808. The first-order valence-electron chi connectivity index (χ1n) is 7.01. The van der Waals surface area contributed by atoms with Crippen molar-refractivity contribution in [3.05, 3.63) is 11.6 Å². The van der Waals surface area contributed by atoms with E-state index in [-0.39, 0.29) is 11.8 Å². The molecule has 0 bridgehead atoms. The molecule has 20 heavy (non-hydrogen) atoms. The van der Waals surface area contributed by atoms with Gasteiger partial charge in [-0.25, -0.2) is 13.1 Å². The minimum atomic E-state index is -3.32. The van der Waals surface area contributed by atoms with Crippen molar-refractivity contribution in [3.8, 4) is 0 Å². The number of alkyl halides is 1. The van der Waals surface area contributed by atoms with E-state index in [1.807, 2.05) is 0 Å². The Hall–Kier alpha value is -0.660. The lowest BCUT2D eigenvalue weighted by molar-refractivity contribution is 0.533. The van der Waals surface area contributed by atoms with E-state index in [1.54, 1.807) is 6.92 Å². The Balaban J connectivity index is 2.10. The van der Waals surface area contributed by atoms with Crippen molar-refractivity contribution in [2.75, 3.05) is 11.6 Å². The standard InChI is InChI=1S/C12H21ClN4O2S/c1-10(16-20(18,19)9-5-7-13)12-15-14-11-6-3-2-4-8-17(11)12/h10,16H,2-9H2,1H3. The van der Waals surface area contributed by atoms with Gasteiger partial charge in [-0.3, -0.25) is 0 Å². The van der Waals surface area contributed by atoms with Crippen LogP contribution in [-0.4, -0.2) is 34.8 Å². The summed E-state index contributed by atoms with van der Waals surface area (Å²) in [5.41, 5.74) is 0. The molecule has 1 unspecified atom stereocenters. The molecule has 0 fully saturated rings. The van der Waals surface area contributed by atoms with Gasteiger partial charge in [0.15, 0.2) is 5.82 Å². The van der Waals surface area contributed by atoms with Crippen LogP contribution in [0.15, 0.2) is 0 Å². The molecule has 1 aliphatic rings. The van der Waals surface area contributed by atoms with E-state index >= 15 is 0 Å². The Morgan fingerprint density at radius 2 is 2.15 bits per heavy atom. The van der Waals surface area contributed by atoms with Crippen LogP contribution in [0.25, 0.3) is 0 Å². The lowest BCUT2D eigenvalue weighted by atomic mass is 10.2. The molecule has 0 saturated heterocycles. The number of rotatable bonds is 6. The van der Waals surface area contributed by atoms with E-state index < -0.39 is 10.0 Å². The van der Waals surface area contributed by atoms with Gasteiger partial charge in [0, 0.05) is 18.8 Å². The van der Waals surface area contributed by atoms with E-state index in [0.717, 1.165) is 31.6 Å². The Morgan fingerprint density at radius 3 is 2.90 bits per heavy atom. The minimum absolute atomic E-state index is 0.0435. The first-order chi connectivity index (χ1) is 9.53. The Labute approximate surface area is 125 Å². The molecule has 6 nitrogen and oxygen atoms in total. The van der Waals surface area contributed by atoms with Crippen molar-refractivity contribution in [1.29, 1.82) is 0 Å². The third-order valence-electron chi connectivity index (χ3n) is 3.43. The lowest BCUT2D eigenvalue weighted by Gasteiger charge is -2.15. The molecule has 0 amide bonds. The molecule has 1 aromatic rings. The highest BCUT2D eigenvalue weighted by Crippen LogP contribution is 2.19. The third kappa shape index (κ3) is 3.93. The number of hydrogen-bond donors (Lipinski definition) is 1. The van der Waals surface area contributed by atoms with Crippen molar-refractivity contribution < 1.29 is 8.42 Å². The third-order valence-corrected chi connectivity index (χ3v) is 5.23. The van der Waals surface area contributed by atoms with Crippen LogP contribution in [0.5, 0.6) is 0 Å². The van der Waals surface area contributed by atoms with Crippen LogP contribution in [0.1, 0.15) is 50.3 Å². The maximum Gasteiger partial charge on any atom is 0.212 e. The summed E-state index contributed by atoms with van der Waals surface area (Å²) >= 11 is 5.54. The molecule has 0 saturated carbocycles. The van der Waals surface area contributed by atoms with Crippen LogP contribution >= 0.6 is 11.6 Å². The van der Waals surface area contributed by atoms with Gasteiger partial charge in [0.25, 0.3) is 0 Å². The van der Waals surface area contributed by atoms with E-state index in [1.165, 1.54) is 6.42 Å². The first kappa shape index (κ1) is 15.7. The predicted octanol–water partition coefficient (Wildman–Crippen LogP) is 1.61. The number of aryl methyl sites for hydroxylation is 1. The van der Waals surface area contributed by atoms with Crippen molar-refractivity contribution in [3.63, 3.8) is 0 Å². The Kier molecular flexibility index (Phi) is 5.40. The molecule has 2 heterocycles. The van der Waals surface area contributed by atoms with Gasteiger partial charge >= 0.3 is 0 Å². The maximum atomic E-state index is 11.9. The summed E-state index contributed by atoms with van der Waals surface area (Å²) < 4.78 is 28.5. The van der Waals surface area contributed by atoms with E-state index in [0.29, 0.717) is 18.1 Å². The molecule has 0 radical (unpaired) electrons. The molecule has 0 aromatic carbocycles. The average Bonchev–Trinajstić information content (AvgIpc) is 2.65. The van der Waals surface area contributed by atoms with Gasteiger partial charge in [-0.2, -0.15) is 0 Å². The van der Waals surface area contributed by atoms with Crippen LogP contribution < -0.4 is 4.72 Å². The molecule has 1 N–H and O–H groups in total. The van der Waals surface area contributed by atoms with Gasteiger partial charge < -0.3 is 4.57 Å². The van der Waals surface area contributed by atoms with Crippen LogP contribution in [0.4, 0.5) is 0 Å². The second-order valence-corrected chi connectivity index (χ2v) is 7.39. The molecular weight excluding hydrogens is 300 g/mol. The fourth-order valence-corrected chi connectivity index (χ4v) is 4.03. The van der Waals surface area contributed by atoms with Gasteiger partial charge in [0.05, 0.1) is 11.8 Å². The van der Waals surface area contributed by atoms with Crippen LogP contribution in [-0.2, 0) is 23.0 Å². The van der Waals surface area contributed by atoms with Crippen molar-refractivity contribution >= 4 is 21.6 Å². The van der Waals surface area contributed by atoms with E-state index in [4.69, 9.17) is 11.6 Å². The monoisotopic (exact) mass is 320 g/mol. The molecule has 114 valence electrons. The zero-order valence-corrected chi connectivity index (χ0v) is 13.3. The van der Waals surface area contributed by atoms with Gasteiger partial charge in [-0.1, -0.05) is 6.42 Å². The zero-order valence-electron chi connectivity index (χ0n) is 11.7. The van der Waals surface area contributed by atoms with E-state index in [9.17, 15) is 8.42 Å². The SMILES string of the molecule is CC(NS(=O)(=O)CCCCl)c1nnc2n1CCCCC2. The minimum Gasteiger partial charge on any atom is -0.314 e. The number of sulfonamides is 1. The van der Waals surface area contributed by atoms with Crippen LogP contribution in [0.3, 0.4) is 0 Å². The topological polar surface area (TPSA) is 76.9 Å². The average molecular weight is 321 g/mol. The number of halogens is 1. The highest BCUT2D eigenvalue weighted by Gasteiger charge is 2.22. The first-order valence-corrected chi connectivity index (χ1v) is 9.20. The summed E-state index contributed by atoms with van der Waals surface area (Å²) in [5, 5.41) is 8.35. The fraction of sp³-hybridized carbons (Fsp3) is 0.833. The summed E-state index contributed by atoms with van der Waals surface area (Å²) in [6.45, 7) is 2.67. The summed E-state index contributed by atoms with van der Waals surface area (Å²) in [6.07, 6.45) is 4.75. The number of aromatic nitrogens is 3. The molecule has 0 aliphatic carbocycles. The smallest absolute Gasteiger partial charge is 0.212 e. The van der Waals surface area contributed by atoms with Crippen molar-refractivity contribution in [2.45, 2.75) is 51.6 Å². The largest absolute Gasteiger partial charge is 0.314 e. The highest BCUT2D eigenvalue weighted by atomic mass is 35.5. The summed E-state index contributed by atoms with van der Waals surface area (Å²) in [5.74, 6) is 2.05. The lowest BCUT2D eigenvalue weighted by Crippen LogP contribution is -2.31. The van der Waals surface area contributed by atoms with E-state index in [2.05, 4.69) is 19.5 Å². The number of fused-ring (bicyclic) bond motifs is 1. The molecule has 8 heteroatoms. The summed E-state index contributed by atoms with van der Waals surface area (Å²) in [7, 11) is -3.32. The fourth-order valence-electron chi connectivity index (χ4n) is 2.45. The predicted molar refractivity (Wildman–Crippen MR) is 78.3 cm³/mol. The summed E-state index contributed by atoms with van der Waals surface area (Å²) in [4.78, 5) is 0. The number of nitrogens with one attached hydrogen (secondary N) is 1. The zero-order chi connectivity index (χ0) is 14.6. The summed E-state index contributed by atoms with van der Waals surface area (Å²) in [6, 6.07) is -0.366. The van der Waals surface area contributed by atoms with Gasteiger partial charge in [0.2, 0.25) is 10.0 Å². The number of hydrogen-bond acceptors (Lipinski definition) is 4. The van der Waals surface area contributed by atoms with Crippen molar-refractivity contribution in [1.82, 2.24) is 19.5 Å². The Morgan fingerprint density at radius 1 is 1.35 bits per heavy atom.